The first kappa shape index (κ1) is 13.2. The Balaban J connectivity index is 0.000000185. The first-order valence-electron chi connectivity index (χ1n) is 5.61. The molecule has 17 heavy (non-hydrogen) atoms. The molecular formula is C13H17NO3. The number of rotatable bonds is 1. The summed E-state index contributed by atoms with van der Waals surface area (Å²) < 4.78 is 0. The molecule has 1 aliphatic rings. The van der Waals surface area contributed by atoms with Crippen molar-refractivity contribution >= 4 is 11.9 Å². The monoisotopic (exact) mass is 235 g/mol. The number of carbonyl (C=O) groups excluding carboxylic acids is 1. The fourth-order valence-electron chi connectivity index (χ4n) is 1.53. The van der Waals surface area contributed by atoms with Crippen LogP contribution in [0.4, 0.5) is 4.79 Å². The second-order valence-corrected chi connectivity index (χ2v) is 3.88. The number of fused-ring (bicyclic) bond motifs is 1. The second-order valence-electron chi connectivity index (χ2n) is 3.88. The van der Waals surface area contributed by atoms with Crippen LogP contribution >= 0.6 is 0 Å². The lowest BCUT2D eigenvalue weighted by molar-refractivity contribution is 0.0994. The van der Waals surface area contributed by atoms with E-state index in [4.69, 9.17) is 5.11 Å². The third kappa shape index (κ3) is 3.59. The number of benzene rings is 1. The standard InChI is InChI=1S/C9H8O.C4H9NO2/c10-9-6-5-7-3-1-2-4-8(7)9;1-3-5(2)4(6)7/h1-4H,5-6H2;3H2,1-2H3,(H,6,7). The van der Waals surface area contributed by atoms with Gasteiger partial charge in [0.15, 0.2) is 5.78 Å². The fraction of sp³-hybridized carbons (Fsp3) is 0.385. The van der Waals surface area contributed by atoms with Gasteiger partial charge in [-0.25, -0.2) is 4.79 Å². The average Bonchev–Trinajstić information content (AvgIpc) is 2.71. The van der Waals surface area contributed by atoms with Crippen molar-refractivity contribution in [3.05, 3.63) is 35.4 Å². The molecule has 0 radical (unpaired) electrons. The molecule has 4 heteroatoms. The maximum absolute atomic E-state index is 11.1. The van der Waals surface area contributed by atoms with Crippen molar-refractivity contribution in [2.45, 2.75) is 19.8 Å². The number of nitrogens with zero attached hydrogens (tertiary/aromatic N) is 1. The van der Waals surface area contributed by atoms with Gasteiger partial charge in [0.05, 0.1) is 0 Å². The second kappa shape index (κ2) is 6.03. The summed E-state index contributed by atoms with van der Waals surface area (Å²) in [5, 5.41) is 8.11. The summed E-state index contributed by atoms with van der Waals surface area (Å²) >= 11 is 0. The van der Waals surface area contributed by atoms with E-state index in [0.717, 1.165) is 12.0 Å². The quantitative estimate of drug-likeness (QED) is 0.813. The number of hydrogen-bond acceptors (Lipinski definition) is 2. The number of aryl methyl sites for hydroxylation is 1. The predicted molar refractivity (Wildman–Crippen MR) is 65.4 cm³/mol. The van der Waals surface area contributed by atoms with Gasteiger partial charge in [-0.3, -0.25) is 4.79 Å². The number of hydrogen-bond donors (Lipinski definition) is 1. The van der Waals surface area contributed by atoms with Crippen LogP contribution in [0.15, 0.2) is 24.3 Å². The molecule has 1 amide bonds. The van der Waals surface area contributed by atoms with Crippen LogP contribution in [0.2, 0.25) is 0 Å². The minimum atomic E-state index is -0.873. The molecule has 2 rings (SSSR count). The summed E-state index contributed by atoms with van der Waals surface area (Å²) in [6, 6.07) is 7.84. The number of Topliss-reactive ketones (excluding diaryl/α,β-unsaturated/α-hetero) is 1. The predicted octanol–water partition coefficient (Wildman–Crippen LogP) is 2.43. The highest BCUT2D eigenvalue weighted by atomic mass is 16.4. The smallest absolute Gasteiger partial charge is 0.407 e. The van der Waals surface area contributed by atoms with Crippen LogP contribution < -0.4 is 0 Å². The van der Waals surface area contributed by atoms with Crippen molar-refractivity contribution in [1.29, 1.82) is 0 Å². The first-order valence-corrected chi connectivity index (χ1v) is 5.61. The lowest BCUT2D eigenvalue weighted by Crippen LogP contribution is -2.23. The summed E-state index contributed by atoms with van der Waals surface area (Å²) in [7, 11) is 1.53. The normalized spacial score (nSPS) is 12.5. The van der Waals surface area contributed by atoms with Gasteiger partial charge in [0.1, 0.15) is 0 Å². The van der Waals surface area contributed by atoms with E-state index in [1.807, 2.05) is 24.3 Å². The highest BCUT2D eigenvalue weighted by Crippen LogP contribution is 2.20. The molecular weight excluding hydrogens is 218 g/mol. The van der Waals surface area contributed by atoms with E-state index in [0.29, 0.717) is 18.7 Å². The number of carboxylic acid groups (broad SMARTS) is 1. The Hall–Kier alpha value is -1.84. The molecule has 4 nitrogen and oxygen atoms in total. The molecule has 0 aliphatic heterocycles. The largest absolute Gasteiger partial charge is 0.465 e. The van der Waals surface area contributed by atoms with E-state index in [-0.39, 0.29) is 0 Å². The van der Waals surface area contributed by atoms with Gasteiger partial charge in [0.2, 0.25) is 0 Å². The number of ketones is 1. The van der Waals surface area contributed by atoms with Gasteiger partial charge in [0, 0.05) is 25.6 Å². The molecule has 0 spiro atoms. The summed E-state index contributed by atoms with van der Waals surface area (Å²) in [6.07, 6.45) is 0.774. The van der Waals surface area contributed by atoms with Crippen LogP contribution in [0.25, 0.3) is 0 Å². The van der Waals surface area contributed by atoms with Crippen LogP contribution in [-0.4, -0.2) is 35.5 Å². The van der Waals surface area contributed by atoms with Gasteiger partial charge in [-0.1, -0.05) is 24.3 Å². The zero-order valence-electron chi connectivity index (χ0n) is 10.1. The Labute approximate surface area is 101 Å². The van der Waals surface area contributed by atoms with Crippen molar-refractivity contribution in [2.24, 2.45) is 0 Å². The van der Waals surface area contributed by atoms with Gasteiger partial charge < -0.3 is 10.0 Å². The van der Waals surface area contributed by atoms with Crippen molar-refractivity contribution in [3.8, 4) is 0 Å². The summed E-state index contributed by atoms with van der Waals surface area (Å²) in [5.74, 6) is 0.301. The zero-order chi connectivity index (χ0) is 12.8. The van der Waals surface area contributed by atoms with E-state index in [1.54, 1.807) is 6.92 Å². The topological polar surface area (TPSA) is 57.6 Å². The first-order chi connectivity index (χ1) is 8.06. The molecule has 0 saturated carbocycles. The van der Waals surface area contributed by atoms with Crippen molar-refractivity contribution in [2.75, 3.05) is 13.6 Å². The Morgan fingerprint density at radius 1 is 1.35 bits per heavy atom. The van der Waals surface area contributed by atoms with Crippen LogP contribution in [-0.2, 0) is 6.42 Å². The van der Waals surface area contributed by atoms with Crippen LogP contribution in [0.1, 0.15) is 29.3 Å². The van der Waals surface area contributed by atoms with Crippen molar-refractivity contribution in [3.63, 3.8) is 0 Å². The van der Waals surface area contributed by atoms with Gasteiger partial charge in [-0.15, -0.1) is 0 Å². The lowest BCUT2D eigenvalue weighted by atomic mass is 10.1. The molecule has 92 valence electrons. The molecule has 0 aromatic heterocycles. The van der Waals surface area contributed by atoms with E-state index < -0.39 is 6.09 Å². The maximum atomic E-state index is 11.1. The van der Waals surface area contributed by atoms with Crippen molar-refractivity contribution in [1.82, 2.24) is 4.90 Å². The van der Waals surface area contributed by atoms with E-state index in [1.165, 1.54) is 17.5 Å². The van der Waals surface area contributed by atoms with Gasteiger partial charge in [-0.05, 0) is 18.9 Å². The fourth-order valence-corrected chi connectivity index (χ4v) is 1.53. The molecule has 0 fully saturated rings. The Kier molecular flexibility index (Phi) is 4.69. The van der Waals surface area contributed by atoms with E-state index in [2.05, 4.69) is 0 Å². The maximum Gasteiger partial charge on any atom is 0.407 e. The molecule has 0 bridgehead atoms. The number of carbonyl (C=O) groups is 2. The summed E-state index contributed by atoms with van der Waals surface area (Å²) in [5.41, 5.74) is 2.15. The van der Waals surface area contributed by atoms with Crippen molar-refractivity contribution < 1.29 is 14.7 Å². The van der Waals surface area contributed by atoms with Gasteiger partial charge in [-0.2, -0.15) is 0 Å². The Morgan fingerprint density at radius 3 is 2.47 bits per heavy atom. The minimum absolute atomic E-state index is 0.301. The third-order valence-corrected chi connectivity index (χ3v) is 2.74. The summed E-state index contributed by atoms with van der Waals surface area (Å²) in [4.78, 5) is 22.1. The van der Waals surface area contributed by atoms with Crippen LogP contribution in [0.5, 0.6) is 0 Å². The molecule has 1 aromatic rings. The molecule has 0 saturated heterocycles. The van der Waals surface area contributed by atoms with Crippen LogP contribution in [0, 0.1) is 0 Å². The highest BCUT2D eigenvalue weighted by molar-refractivity contribution is 6.00. The Morgan fingerprint density at radius 2 is 2.00 bits per heavy atom. The molecule has 0 unspecified atom stereocenters. The highest BCUT2D eigenvalue weighted by Gasteiger charge is 2.17. The molecule has 0 heterocycles. The molecule has 1 aromatic carbocycles. The minimum Gasteiger partial charge on any atom is -0.465 e. The molecule has 0 atom stereocenters. The lowest BCUT2D eigenvalue weighted by Gasteiger charge is -2.06. The van der Waals surface area contributed by atoms with E-state index in [9.17, 15) is 9.59 Å². The Bertz CT molecular complexity index is 415. The average molecular weight is 235 g/mol. The molecule has 1 aliphatic carbocycles. The van der Waals surface area contributed by atoms with E-state index >= 15 is 0 Å². The van der Waals surface area contributed by atoms with Gasteiger partial charge >= 0.3 is 6.09 Å². The number of amides is 1. The van der Waals surface area contributed by atoms with Gasteiger partial charge in [0.25, 0.3) is 0 Å². The van der Waals surface area contributed by atoms with Crippen LogP contribution in [0.3, 0.4) is 0 Å². The molecule has 1 N–H and O–H groups in total. The third-order valence-electron chi connectivity index (χ3n) is 2.74. The zero-order valence-corrected chi connectivity index (χ0v) is 10.1. The summed E-state index contributed by atoms with van der Waals surface area (Å²) in [6.45, 7) is 2.34. The SMILES string of the molecule is CCN(C)C(=O)O.O=C1CCc2ccccc21.